The number of imide groups is 1. The van der Waals surface area contributed by atoms with E-state index >= 15 is 0 Å². The number of carbonyl (C=O) groups excluding carboxylic acids is 4. The number of likely N-dealkylation sites (N-methyl/N-ethyl adjacent to an activating group) is 1. The van der Waals surface area contributed by atoms with Crippen LogP contribution >= 0.6 is 0 Å². The van der Waals surface area contributed by atoms with Gasteiger partial charge in [-0.3, -0.25) is 24.1 Å². The summed E-state index contributed by atoms with van der Waals surface area (Å²) in [5.74, 6) is 2.16. The minimum Gasteiger partial charge on any atom is -0.507 e. The lowest BCUT2D eigenvalue weighted by Crippen LogP contribution is -2.26. The quantitative estimate of drug-likeness (QED) is 0.219. The third kappa shape index (κ3) is 22.5. The second-order valence-electron chi connectivity index (χ2n) is 12.9. The first-order valence-corrected chi connectivity index (χ1v) is 18.6. The molecule has 0 aliphatic carbocycles. The van der Waals surface area contributed by atoms with E-state index in [1.165, 1.54) is 31.2 Å². The lowest BCUT2D eigenvalue weighted by molar-refractivity contribution is -0.135. The second-order valence-corrected chi connectivity index (χ2v) is 12.9. The number of rotatable bonds is 7. The summed E-state index contributed by atoms with van der Waals surface area (Å²) in [5, 5.41) is 12.3. The zero-order valence-electron chi connectivity index (χ0n) is 35.6. The topological polar surface area (TPSA) is 107 Å². The molecule has 3 rings (SSSR count). The van der Waals surface area contributed by atoms with Gasteiger partial charge < -0.3 is 15.3 Å². The first kappa shape index (κ1) is 53.8. The fourth-order valence-electron chi connectivity index (χ4n) is 3.96. The highest BCUT2D eigenvalue weighted by Gasteiger charge is 2.29. The lowest BCUT2D eigenvalue weighted by Gasteiger charge is -2.21. The Bertz CT molecular complexity index is 1230. The first-order valence-electron chi connectivity index (χ1n) is 18.6. The summed E-state index contributed by atoms with van der Waals surface area (Å²) in [5.41, 5.74) is 3.32. The number of phenols is 1. The van der Waals surface area contributed by atoms with E-state index in [2.05, 4.69) is 67.6 Å². The number of amides is 4. The molecular formula is C43H75N3O5. The average Bonchev–Trinajstić information content (AvgIpc) is 3.28. The summed E-state index contributed by atoms with van der Waals surface area (Å²) in [6, 6.07) is 15.1. The fourth-order valence-corrected chi connectivity index (χ4v) is 3.96. The normalized spacial score (nSPS) is 12.9. The number of phenolic OH excluding ortho intramolecular Hbond substituents is 1. The molecule has 3 unspecified atom stereocenters. The molecule has 0 saturated heterocycles. The maximum absolute atomic E-state index is 11.5. The standard InChI is InChI=1S/C10H13NO2.C9H11NO.C9H20.C7H9NO2.2C3H8.C2H6/c1-7-5-4-6-8(9(7)12)10(13)11(2)3;1-8(10-7-11)9-5-3-2-4-6-9;1-6-8(4)9(5)7(2)3;1-4-5(2)7(10)8(3)6(4)9;2*1-3-2;1-2/h4-6,12H,1-3H3;2-8H,1H3,(H,10,11);7-9H,6H2,1-5H3;1-3H3;2*3H2,1-2H3;1-2H3. The predicted molar refractivity (Wildman–Crippen MR) is 218 cm³/mol. The molecule has 0 saturated carbocycles. The van der Waals surface area contributed by atoms with E-state index in [4.69, 9.17) is 0 Å². The molecule has 1 aliphatic rings. The molecule has 0 fully saturated rings. The number of carbonyl (C=O) groups is 4. The van der Waals surface area contributed by atoms with Gasteiger partial charge >= 0.3 is 0 Å². The van der Waals surface area contributed by atoms with Gasteiger partial charge in [0.15, 0.2) is 0 Å². The Morgan fingerprint density at radius 3 is 1.53 bits per heavy atom. The Hall–Kier alpha value is -3.94. The fraction of sp³-hybridized carbons (Fsp3) is 0.581. The second kappa shape index (κ2) is 32.0. The van der Waals surface area contributed by atoms with Gasteiger partial charge in [0, 0.05) is 32.3 Å². The van der Waals surface area contributed by atoms with Gasteiger partial charge in [-0.2, -0.15) is 0 Å². The third-order valence-corrected chi connectivity index (χ3v) is 7.90. The van der Waals surface area contributed by atoms with Crippen LogP contribution in [0.1, 0.15) is 144 Å². The van der Waals surface area contributed by atoms with Crippen LogP contribution in [0.2, 0.25) is 0 Å². The van der Waals surface area contributed by atoms with Gasteiger partial charge in [0.25, 0.3) is 17.7 Å². The van der Waals surface area contributed by atoms with Gasteiger partial charge in [-0.05, 0) is 62.6 Å². The van der Waals surface area contributed by atoms with Crippen molar-refractivity contribution in [2.24, 2.45) is 17.8 Å². The summed E-state index contributed by atoms with van der Waals surface area (Å²) in [6.45, 7) is 31.1. The van der Waals surface area contributed by atoms with Crippen LogP contribution in [0.15, 0.2) is 59.7 Å². The van der Waals surface area contributed by atoms with Crippen molar-refractivity contribution in [1.29, 1.82) is 0 Å². The van der Waals surface area contributed by atoms with Crippen LogP contribution in [0.5, 0.6) is 5.75 Å². The van der Waals surface area contributed by atoms with Gasteiger partial charge in [0.05, 0.1) is 11.6 Å². The highest BCUT2D eigenvalue weighted by atomic mass is 16.3. The van der Waals surface area contributed by atoms with Gasteiger partial charge in [-0.1, -0.05) is 138 Å². The smallest absolute Gasteiger partial charge is 0.257 e. The lowest BCUT2D eigenvalue weighted by atomic mass is 9.85. The SMILES string of the molecule is CC.CC(NC=O)c1ccccc1.CC1=C(C)C(=O)N(C)C1=O.CCC.CCC.CCC(C)C(C)C(C)C.Cc1cccc(C(=O)N(C)C)c1O. The molecule has 2 aromatic carbocycles. The third-order valence-electron chi connectivity index (χ3n) is 7.90. The summed E-state index contributed by atoms with van der Waals surface area (Å²) in [4.78, 5) is 46.1. The molecule has 2 aromatic rings. The number of aromatic hydroxyl groups is 1. The zero-order valence-corrected chi connectivity index (χ0v) is 35.6. The van der Waals surface area contributed by atoms with E-state index in [0.717, 1.165) is 34.6 Å². The number of nitrogens with zero attached hydrogens (tertiary/aromatic N) is 2. The van der Waals surface area contributed by atoms with E-state index in [1.54, 1.807) is 53.1 Å². The number of hydrogen-bond acceptors (Lipinski definition) is 5. The molecule has 8 heteroatoms. The van der Waals surface area contributed by atoms with Crippen molar-refractivity contribution in [3.63, 3.8) is 0 Å². The molecule has 8 nitrogen and oxygen atoms in total. The predicted octanol–water partition coefficient (Wildman–Crippen LogP) is 10.4. The van der Waals surface area contributed by atoms with E-state index < -0.39 is 0 Å². The molecule has 4 amide bonds. The van der Waals surface area contributed by atoms with Crippen molar-refractivity contribution in [3.8, 4) is 5.75 Å². The largest absolute Gasteiger partial charge is 0.507 e. The highest BCUT2D eigenvalue weighted by Crippen LogP contribution is 2.23. The highest BCUT2D eigenvalue weighted by molar-refractivity contribution is 6.18. The molecule has 1 aliphatic heterocycles. The van der Waals surface area contributed by atoms with E-state index in [-0.39, 0.29) is 29.5 Å². The number of para-hydroxylation sites is 1. The van der Waals surface area contributed by atoms with E-state index in [9.17, 15) is 24.3 Å². The molecular weight excluding hydrogens is 638 g/mol. The van der Waals surface area contributed by atoms with Gasteiger partial charge in [-0.15, -0.1) is 0 Å². The number of aryl methyl sites for hydroxylation is 1. The summed E-state index contributed by atoms with van der Waals surface area (Å²) >= 11 is 0. The first-order chi connectivity index (χ1) is 23.9. The molecule has 0 bridgehead atoms. The molecule has 0 spiro atoms. The maximum atomic E-state index is 11.5. The van der Waals surface area contributed by atoms with E-state index in [1.807, 2.05) is 51.1 Å². The monoisotopic (exact) mass is 714 g/mol. The van der Waals surface area contributed by atoms with Crippen LogP contribution in [0.25, 0.3) is 0 Å². The van der Waals surface area contributed by atoms with Crippen LogP contribution in [0.3, 0.4) is 0 Å². The van der Waals surface area contributed by atoms with Crippen molar-refractivity contribution in [2.75, 3.05) is 21.1 Å². The minimum atomic E-state index is -0.179. The van der Waals surface area contributed by atoms with Gasteiger partial charge in [-0.25, -0.2) is 0 Å². The molecule has 51 heavy (non-hydrogen) atoms. The Balaban J connectivity index is -0.000000271. The summed E-state index contributed by atoms with van der Waals surface area (Å²) in [6.07, 6.45) is 4.54. The summed E-state index contributed by atoms with van der Waals surface area (Å²) < 4.78 is 0. The molecule has 3 atom stereocenters. The molecule has 1 heterocycles. The van der Waals surface area contributed by atoms with E-state index in [0.29, 0.717) is 22.3 Å². The van der Waals surface area contributed by atoms with Crippen molar-refractivity contribution >= 4 is 24.1 Å². The minimum absolute atomic E-state index is 0.0706. The Kier molecular flexibility index (Phi) is 33.8. The zero-order chi connectivity index (χ0) is 40.9. The van der Waals surface area contributed by atoms with Crippen LogP contribution in [0.4, 0.5) is 0 Å². The van der Waals surface area contributed by atoms with Crippen LogP contribution in [-0.4, -0.2) is 60.2 Å². The molecule has 292 valence electrons. The van der Waals surface area contributed by atoms with Crippen LogP contribution in [-0.2, 0) is 14.4 Å². The number of hydrogen-bond donors (Lipinski definition) is 2. The van der Waals surface area contributed by atoms with Crippen molar-refractivity contribution < 1.29 is 24.3 Å². The van der Waals surface area contributed by atoms with Gasteiger partial charge in [0.2, 0.25) is 6.41 Å². The number of nitrogens with one attached hydrogen (secondary N) is 1. The van der Waals surface area contributed by atoms with Crippen LogP contribution < -0.4 is 5.32 Å². The van der Waals surface area contributed by atoms with Gasteiger partial charge in [0.1, 0.15) is 5.75 Å². The van der Waals surface area contributed by atoms with Crippen molar-refractivity contribution in [3.05, 3.63) is 76.4 Å². The van der Waals surface area contributed by atoms with Crippen LogP contribution in [0, 0.1) is 24.7 Å². The molecule has 0 radical (unpaired) electrons. The van der Waals surface area contributed by atoms with Crippen molar-refractivity contribution in [1.82, 2.24) is 15.1 Å². The Morgan fingerprint density at radius 1 is 0.804 bits per heavy atom. The molecule has 0 aromatic heterocycles. The number of benzene rings is 2. The average molecular weight is 714 g/mol. The molecule has 2 N–H and O–H groups in total. The Labute approximate surface area is 313 Å². The van der Waals surface area contributed by atoms with Crippen molar-refractivity contribution in [2.45, 2.75) is 129 Å². The summed E-state index contributed by atoms with van der Waals surface area (Å²) in [7, 11) is 4.80. The maximum Gasteiger partial charge on any atom is 0.257 e. The Morgan fingerprint density at radius 2 is 1.24 bits per heavy atom.